The molecule has 0 fully saturated rings. The Labute approximate surface area is 131 Å². The first-order valence-electron chi connectivity index (χ1n) is 5.77. The molecule has 0 saturated carbocycles. The molecule has 0 radical (unpaired) electrons. The normalized spacial score (nSPS) is 13.0. The standard InChI is InChI=1S/C12H18Br2N2O2S/c1-5-12(2,3)16(4)19(17,18)11-9(13)6-8(15)7-10(11)14/h6-7H,5,15H2,1-4H3. The van der Waals surface area contributed by atoms with E-state index in [1.165, 1.54) is 4.31 Å². The molecule has 0 atom stereocenters. The molecule has 0 aromatic heterocycles. The molecular weight excluding hydrogens is 396 g/mol. The number of halogens is 2. The van der Waals surface area contributed by atoms with Crippen molar-refractivity contribution in [2.24, 2.45) is 0 Å². The van der Waals surface area contributed by atoms with E-state index in [4.69, 9.17) is 5.73 Å². The van der Waals surface area contributed by atoms with Crippen molar-refractivity contribution in [1.82, 2.24) is 4.31 Å². The van der Waals surface area contributed by atoms with E-state index >= 15 is 0 Å². The van der Waals surface area contributed by atoms with E-state index in [-0.39, 0.29) is 4.90 Å². The summed E-state index contributed by atoms with van der Waals surface area (Å²) < 4.78 is 27.7. The van der Waals surface area contributed by atoms with Gasteiger partial charge in [-0.15, -0.1) is 0 Å². The van der Waals surface area contributed by atoms with Crippen molar-refractivity contribution in [1.29, 1.82) is 0 Å². The first kappa shape index (κ1) is 16.9. The van der Waals surface area contributed by atoms with Gasteiger partial charge < -0.3 is 5.73 Å². The van der Waals surface area contributed by atoms with Crippen molar-refractivity contribution in [3.8, 4) is 0 Å². The molecule has 0 amide bonds. The van der Waals surface area contributed by atoms with Gasteiger partial charge in [-0.2, -0.15) is 4.31 Å². The SMILES string of the molecule is CCC(C)(C)N(C)S(=O)(=O)c1c(Br)cc(N)cc1Br. The zero-order valence-corrected chi connectivity index (χ0v) is 15.4. The molecule has 19 heavy (non-hydrogen) atoms. The minimum atomic E-state index is -3.60. The highest BCUT2D eigenvalue weighted by atomic mass is 79.9. The van der Waals surface area contributed by atoms with Crippen LogP contribution in [0.3, 0.4) is 0 Å². The summed E-state index contributed by atoms with van der Waals surface area (Å²) in [5, 5.41) is 0. The molecule has 0 bridgehead atoms. The first-order valence-corrected chi connectivity index (χ1v) is 8.80. The third-order valence-electron chi connectivity index (χ3n) is 3.36. The quantitative estimate of drug-likeness (QED) is 0.766. The lowest BCUT2D eigenvalue weighted by atomic mass is 10.0. The summed E-state index contributed by atoms with van der Waals surface area (Å²) in [4.78, 5) is 0.200. The van der Waals surface area contributed by atoms with Crippen molar-refractivity contribution < 1.29 is 8.42 Å². The average Bonchev–Trinajstić information content (AvgIpc) is 2.26. The van der Waals surface area contributed by atoms with Crippen molar-refractivity contribution in [3.05, 3.63) is 21.1 Å². The molecule has 1 rings (SSSR count). The number of nitrogen functional groups attached to an aromatic ring is 1. The fourth-order valence-corrected chi connectivity index (χ4v) is 5.62. The second-order valence-corrected chi connectivity index (χ2v) is 8.57. The number of sulfonamides is 1. The molecule has 0 heterocycles. The van der Waals surface area contributed by atoms with Gasteiger partial charge in [0, 0.05) is 27.2 Å². The molecule has 7 heteroatoms. The maximum Gasteiger partial charge on any atom is 0.245 e. The lowest BCUT2D eigenvalue weighted by molar-refractivity contribution is 0.257. The van der Waals surface area contributed by atoms with Gasteiger partial charge in [0.2, 0.25) is 10.0 Å². The number of nitrogens with two attached hydrogens (primary N) is 1. The molecule has 0 aliphatic carbocycles. The average molecular weight is 414 g/mol. The maximum atomic E-state index is 12.7. The molecule has 108 valence electrons. The molecule has 1 aromatic rings. The van der Waals surface area contributed by atoms with Crippen LogP contribution in [0.15, 0.2) is 26.0 Å². The van der Waals surface area contributed by atoms with Crippen LogP contribution >= 0.6 is 31.9 Å². The molecule has 0 unspecified atom stereocenters. The Morgan fingerprint density at radius 3 is 2.05 bits per heavy atom. The van der Waals surface area contributed by atoms with Crippen LogP contribution in [0.25, 0.3) is 0 Å². The van der Waals surface area contributed by atoms with Crippen LogP contribution in [0.2, 0.25) is 0 Å². The summed E-state index contributed by atoms with van der Waals surface area (Å²) in [7, 11) is -2.01. The minimum Gasteiger partial charge on any atom is -0.399 e. The maximum absolute atomic E-state index is 12.7. The van der Waals surface area contributed by atoms with E-state index in [1.54, 1.807) is 19.2 Å². The molecule has 4 nitrogen and oxygen atoms in total. The van der Waals surface area contributed by atoms with Crippen LogP contribution in [-0.2, 0) is 10.0 Å². The zero-order valence-electron chi connectivity index (χ0n) is 11.4. The number of anilines is 1. The number of hydrogen-bond acceptors (Lipinski definition) is 3. The van der Waals surface area contributed by atoms with E-state index in [9.17, 15) is 8.42 Å². The van der Waals surface area contributed by atoms with Gasteiger partial charge in [0.05, 0.1) is 0 Å². The zero-order chi connectivity index (χ0) is 15.0. The van der Waals surface area contributed by atoms with E-state index in [0.717, 1.165) is 0 Å². The Morgan fingerprint density at radius 2 is 1.68 bits per heavy atom. The molecule has 0 saturated heterocycles. The molecule has 2 N–H and O–H groups in total. The summed E-state index contributed by atoms with van der Waals surface area (Å²) in [5.41, 5.74) is 5.73. The van der Waals surface area contributed by atoms with Gasteiger partial charge in [-0.3, -0.25) is 0 Å². The van der Waals surface area contributed by atoms with Gasteiger partial charge in [-0.25, -0.2) is 8.42 Å². The molecule has 0 spiro atoms. The van der Waals surface area contributed by atoms with Gasteiger partial charge >= 0.3 is 0 Å². The van der Waals surface area contributed by atoms with Crippen molar-refractivity contribution in [2.75, 3.05) is 12.8 Å². The van der Waals surface area contributed by atoms with Gasteiger partial charge in [-0.05, 0) is 64.3 Å². The Bertz CT molecular complexity index is 562. The Hall–Kier alpha value is -0.110. The van der Waals surface area contributed by atoms with E-state index in [1.807, 2.05) is 20.8 Å². The van der Waals surface area contributed by atoms with Gasteiger partial charge in [0.1, 0.15) is 4.90 Å². The summed E-state index contributed by atoms with van der Waals surface area (Å²) in [5.74, 6) is 0. The van der Waals surface area contributed by atoms with Gasteiger partial charge in [0.25, 0.3) is 0 Å². The second-order valence-electron chi connectivity index (χ2n) is 4.95. The highest BCUT2D eigenvalue weighted by molar-refractivity contribution is 9.11. The summed E-state index contributed by atoms with van der Waals surface area (Å²) in [6, 6.07) is 3.18. The summed E-state index contributed by atoms with van der Waals surface area (Å²) in [6.07, 6.45) is 0.715. The van der Waals surface area contributed by atoms with Crippen LogP contribution in [0.1, 0.15) is 27.2 Å². The van der Waals surface area contributed by atoms with Crippen molar-refractivity contribution in [3.63, 3.8) is 0 Å². The topological polar surface area (TPSA) is 63.4 Å². The Kier molecular flexibility index (Phi) is 5.09. The van der Waals surface area contributed by atoms with Gasteiger partial charge in [0.15, 0.2) is 0 Å². The van der Waals surface area contributed by atoms with Gasteiger partial charge in [-0.1, -0.05) is 6.92 Å². The minimum absolute atomic E-state index is 0.200. The lowest BCUT2D eigenvalue weighted by Gasteiger charge is -2.34. The Morgan fingerprint density at radius 1 is 1.26 bits per heavy atom. The fourth-order valence-electron chi connectivity index (χ4n) is 1.51. The molecular formula is C12H18Br2N2O2S. The third-order valence-corrected chi connectivity index (χ3v) is 7.30. The number of benzene rings is 1. The van der Waals surface area contributed by atoms with Crippen LogP contribution < -0.4 is 5.73 Å². The number of hydrogen-bond donors (Lipinski definition) is 1. The predicted octanol–water partition coefficient (Wildman–Crippen LogP) is 3.60. The van der Waals surface area contributed by atoms with E-state index < -0.39 is 15.6 Å². The van der Waals surface area contributed by atoms with E-state index in [0.29, 0.717) is 21.1 Å². The van der Waals surface area contributed by atoms with Crippen LogP contribution in [0.4, 0.5) is 5.69 Å². The monoisotopic (exact) mass is 412 g/mol. The van der Waals surface area contributed by atoms with Crippen molar-refractivity contribution in [2.45, 2.75) is 37.6 Å². The molecule has 1 aromatic carbocycles. The van der Waals surface area contributed by atoms with E-state index in [2.05, 4.69) is 31.9 Å². The smallest absolute Gasteiger partial charge is 0.245 e. The highest BCUT2D eigenvalue weighted by Crippen LogP contribution is 2.36. The van der Waals surface area contributed by atoms with Crippen LogP contribution in [0, 0.1) is 0 Å². The lowest BCUT2D eigenvalue weighted by Crippen LogP contribution is -2.44. The number of rotatable bonds is 4. The predicted molar refractivity (Wildman–Crippen MR) is 85.6 cm³/mol. The second kappa shape index (κ2) is 5.71. The van der Waals surface area contributed by atoms with Crippen LogP contribution in [0.5, 0.6) is 0 Å². The fraction of sp³-hybridized carbons (Fsp3) is 0.500. The molecule has 0 aliphatic heterocycles. The Balaban J connectivity index is 3.45. The van der Waals surface area contributed by atoms with Crippen molar-refractivity contribution >= 4 is 47.6 Å². The van der Waals surface area contributed by atoms with Crippen LogP contribution in [-0.4, -0.2) is 25.3 Å². The third kappa shape index (κ3) is 3.32. The first-order chi connectivity index (χ1) is 8.54. The highest BCUT2D eigenvalue weighted by Gasteiger charge is 2.35. The summed E-state index contributed by atoms with van der Waals surface area (Å²) in [6.45, 7) is 5.74. The molecule has 0 aliphatic rings. The number of nitrogens with zero attached hydrogens (tertiary/aromatic N) is 1. The largest absolute Gasteiger partial charge is 0.399 e. The summed E-state index contributed by atoms with van der Waals surface area (Å²) >= 11 is 6.55.